The number of ether oxygens (including phenoxy) is 2. The summed E-state index contributed by atoms with van der Waals surface area (Å²) in [6.45, 7) is 24.7. The highest BCUT2D eigenvalue weighted by Gasteiger charge is 2.33. The summed E-state index contributed by atoms with van der Waals surface area (Å²) in [6.07, 6.45) is 2.05. The molecule has 5 N–H and O–H groups in total. The van der Waals surface area contributed by atoms with E-state index in [2.05, 4.69) is 21.7 Å². The van der Waals surface area contributed by atoms with Gasteiger partial charge >= 0.3 is 19.8 Å². The zero-order chi connectivity index (χ0) is 38.1. The molecule has 0 heterocycles. The number of phosphoric ester groups is 1. The molecule has 0 saturated heterocycles. The van der Waals surface area contributed by atoms with E-state index in [0.29, 0.717) is 25.0 Å². The maximum absolute atomic E-state index is 11.8. The second-order valence-electron chi connectivity index (χ2n) is 13.4. The van der Waals surface area contributed by atoms with Gasteiger partial charge in [0.25, 0.3) is 10.1 Å². The first-order valence-corrected chi connectivity index (χ1v) is 18.3. The van der Waals surface area contributed by atoms with Crippen molar-refractivity contribution in [3.63, 3.8) is 0 Å². The number of carbonyl (C=O) groups is 4. The molecule has 0 aromatic rings. The third-order valence-electron chi connectivity index (χ3n) is 6.97. The van der Waals surface area contributed by atoms with E-state index in [1.165, 1.54) is 0 Å². The summed E-state index contributed by atoms with van der Waals surface area (Å²) in [5, 5.41) is 5.35. The van der Waals surface area contributed by atoms with Gasteiger partial charge in [-0.25, -0.2) is 9.36 Å². The van der Waals surface area contributed by atoms with Crippen LogP contribution in [0.5, 0.6) is 0 Å². The minimum absolute atomic E-state index is 0.0265. The summed E-state index contributed by atoms with van der Waals surface area (Å²) in [5.41, 5.74) is -2.12. The normalized spacial score (nSPS) is 12.3. The Labute approximate surface area is 280 Å². The Kier molecular flexibility index (Phi) is 21.8. The fourth-order valence-corrected chi connectivity index (χ4v) is 3.89. The van der Waals surface area contributed by atoms with Crippen molar-refractivity contribution in [3.05, 3.63) is 12.2 Å². The lowest BCUT2D eigenvalue weighted by molar-refractivity contribution is -0.155. The van der Waals surface area contributed by atoms with Gasteiger partial charge in [0.2, 0.25) is 11.8 Å². The lowest BCUT2D eigenvalue weighted by atomic mass is 9.88. The van der Waals surface area contributed by atoms with Crippen LogP contribution in [0.3, 0.4) is 0 Å². The first kappa shape index (κ1) is 49.0. The van der Waals surface area contributed by atoms with Crippen LogP contribution in [0.15, 0.2) is 12.2 Å². The zero-order valence-corrected chi connectivity index (χ0v) is 31.9. The van der Waals surface area contributed by atoms with Crippen molar-refractivity contribution >= 4 is 41.7 Å². The second-order valence-corrected chi connectivity index (χ2v) is 16.1. The monoisotopic (exact) mass is 718 g/mol. The molecule has 0 fully saturated rings. The van der Waals surface area contributed by atoms with Gasteiger partial charge in [-0.2, -0.15) is 8.42 Å². The largest absolute Gasteiger partial charge is 0.469 e. The van der Waals surface area contributed by atoms with Crippen molar-refractivity contribution in [2.24, 2.45) is 16.2 Å². The summed E-state index contributed by atoms with van der Waals surface area (Å²) in [7, 11) is -8.56. The maximum atomic E-state index is 11.8. The molecule has 17 heteroatoms. The molecule has 0 aromatic heterocycles. The molecule has 0 spiro atoms. The van der Waals surface area contributed by atoms with E-state index in [4.69, 9.17) is 23.8 Å². The molecule has 0 aliphatic rings. The smallest absolute Gasteiger partial charge is 0.463 e. The molecule has 15 nitrogen and oxygen atoms in total. The van der Waals surface area contributed by atoms with Gasteiger partial charge in [-0.3, -0.25) is 23.5 Å². The van der Waals surface area contributed by atoms with Crippen LogP contribution < -0.4 is 10.6 Å². The standard InChI is InChI=1S/C12H21NO3.C10H21NO4S.C8H17O6P/c1-6-12(4,5)11(15)13-7-8-16-10(14)9(2)3;1-6-9(2,3)8(12)11-10(4,5)7-16(13,14)15;1-4-8(2,3)7(9)13-5-6-14-15(10,11)12/h2,6-8H2,1,3-5H3,(H,13,15);6-7H2,1-5H3,(H,11,12)(H,13,14,15);4-6H2,1-3H3,(H2,10,11,12). The summed E-state index contributed by atoms with van der Waals surface area (Å²) in [6, 6.07) is 0. The third-order valence-corrected chi connectivity index (χ3v) is 8.58. The number of phosphoric acid groups is 1. The van der Waals surface area contributed by atoms with E-state index in [-0.39, 0.29) is 37.0 Å². The SMILES string of the molecule is C=C(C)C(=O)OCCNC(=O)C(C)(C)CC.CCC(C)(C)C(=O)NC(C)(C)CS(=O)(=O)O.CCC(C)(C)C(=O)OCCOP(=O)(O)O. The number of hydrogen-bond donors (Lipinski definition) is 5. The number of esters is 2. The van der Waals surface area contributed by atoms with E-state index in [0.717, 1.165) is 6.42 Å². The molecule has 2 amide bonds. The fourth-order valence-electron chi connectivity index (χ4n) is 2.59. The molecule has 0 radical (unpaired) electrons. The Hall–Kier alpha value is -2.36. The van der Waals surface area contributed by atoms with Crippen LogP contribution in [0, 0.1) is 16.2 Å². The van der Waals surface area contributed by atoms with E-state index in [1.54, 1.807) is 48.5 Å². The van der Waals surface area contributed by atoms with Gasteiger partial charge in [0.1, 0.15) is 13.2 Å². The quantitative estimate of drug-likeness (QED) is 0.0472. The molecule has 0 aromatic carbocycles. The number of carbonyl (C=O) groups excluding carboxylic acids is 4. The fraction of sp³-hybridized carbons (Fsp3) is 0.800. The van der Waals surface area contributed by atoms with Crippen molar-refractivity contribution in [3.8, 4) is 0 Å². The summed E-state index contributed by atoms with van der Waals surface area (Å²) in [5.74, 6) is -1.57. The average Bonchev–Trinajstić information content (AvgIpc) is 2.91. The number of rotatable bonds is 17. The molecular formula is C30H59N2O13PS. The van der Waals surface area contributed by atoms with Gasteiger partial charge in [-0.05, 0) is 53.9 Å². The van der Waals surface area contributed by atoms with E-state index < -0.39 is 52.0 Å². The number of amides is 2. The molecule has 0 atom stereocenters. The van der Waals surface area contributed by atoms with E-state index in [9.17, 15) is 32.2 Å². The molecule has 0 unspecified atom stereocenters. The van der Waals surface area contributed by atoms with Crippen LogP contribution in [0.4, 0.5) is 0 Å². The molecule has 0 saturated carbocycles. The molecule has 0 rings (SSSR count). The summed E-state index contributed by atoms with van der Waals surface area (Å²) in [4.78, 5) is 62.4. The van der Waals surface area contributed by atoms with Gasteiger partial charge in [0, 0.05) is 16.4 Å². The van der Waals surface area contributed by atoms with Crippen molar-refractivity contribution < 1.29 is 60.5 Å². The van der Waals surface area contributed by atoms with Crippen molar-refractivity contribution in [2.45, 2.75) is 108 Å². The molecule has 0 aliphatic heterocycles. The molecular weight excluding hydrogens is 659 g/mol. The topological polar surface area (TPSA) is 232 Å². The Morgan fingerprint density at radius 3 is 1.60 bits per heavy atom. The summed E-state index contributed by atoms with van der Waals surface area (Å²) < 4.78 is 54.3. The number of nitrogens with one attached hydrogen (secondary N) is 2. The third kappa shape index (κ3) is 25.3. The van der Waals surface area contributed by atoms with Crippen LogP contribution in [0.25, 0.3) is 0 Å². The van der Waals surface area contributed by atoms with Gasteiger partial charge in [-0.15, -0.1) is 0 Å². The lowest BCUT2D eigenvalue weighted by Crippen LogP contribution is -2.52. The van der Waals surface area contributed by atoms with Gasteiger partial charge in [0.15, 0.2) is 0 Å². The predicted molar refractivity (Wildman–Crippen MR) is 179 cm³/mol. The Morgan fingerprint density at radius 2 is 1.21 bits per heavy atom. The maximum Gasteiger partial charge on any atom is 0.469 e. The first-order valence-electron chi connectivity index (χ1n) is 15.2. The van der Waals surface area contributed by atoms with Crippen LogP contribution in [-0.4, -0.2) is 84.2 Å². The molecule has 0 aliphatic carbocycles. The van der Waals surface area contributed by atoms with Gasteiger partial charge in [0.05, 0.1) is 29.9 Å². The Morgan fingerprint density at radius 1 is 0.766 bits per heavy atom. The molecule has 278 valence electrons. The second kappa shape index (κ2) is 20.9. The van der Waals surface area contributed by atoms with Crippen LogP contribution in [0.2, 0.25) is 0 Å². The highest BCUT2D eigenvalue weighted by molar-refractivity contribution is 7.85. The summed E-state index contributed by atoms with van der Waals surface area (Å²) >= 11 is 0. The van der Waals surface area contributed by atoms with Crippen molar-refractivity contribution in [1.82, 2.24) is 10.6 Å². The Balaban J connectivity index is -0.000000618. The minimum atomic E-state index is -4.46. The van der Waals surface area contributed by atoms with Crippen LogP contribution >= 0.6 is 7.82 Å². The highest BCUT2D eigenvalue weighted by atomic mass is 32.2. The molecule has 47 heavy (non-hydrogen) atoms. The minimum Gasteiger partial charge on any atom is -0.463 e. The van der Waals surface area contributed by atoms with E-state index in [1.807, 2.05) is 34.6 Å². The van der Waals surface area contributed by atoms with E-state index >= 15 is 0 Å². The lowest BCUT2D eigenvalue weighted by Gasteiger charge is -2.30. The number of hydrogen-bond acceptors (Lipinski definition) is 10. The predicted octanol–water partition coefficient (Wildman–Crippen LogP) is 3.94. The zero-order valence-electron chi connectivity index (χ0n) is 30.1. The van der Waals surface area contributed by atoms with Crippen LogP contribution in [0.1, 0.15) is 102 Å². The van der Waals surface area contributed by atoms with Crippen molar-refractivity contribution in [1.29, 1.82) is 0 Å². The first-order chi connectivity index (χ1) is 20.9. The van der Waals surface area contributed by atoms with Crippen LogP contribution in [-0.2, 0) is 47.9 Å². The molecule has 0 bridgehead atoms. The highest BCUT2D eigenvalue weighted by Crippen LogP contribution is 2.35. The average molecular weight is 719 g/mol. The van der Waals surface area contributed by atoms with Gasteiger partial charge < -0.3 is 29.9 Å². The van der Waals surface area contributed by atoms with Gasteiger partial charge in [-0.1, -0.05) is 55.0 Å². The van der Waals surface area contributed by atoms with Crippen molar-refractivity contribution in [2.75, 3.05) is 32.1 Å². The Bertz CT molecular complexity index is 1190.